The number of carbonyl (C=O) groups excluding carboxylic acids is 1. The Kier molecular flexibility index (Phi) is 4.90. The van der Waals surface area contributed by atoms with Crippen molar-refractivity contribution in [1.29, 1.82) is 0 Å². The molecule has 84 valence electrons. The lowest BCUT2D eigenvalue weighted by Gasteiger charge is -2.10. The van der Waals surface area contributed by atoms with Gasteiger partial charge >= 0.3 is 0 Å². The van der Waals surface area contributed by atoms with Gasteiger partial charge in [0.05, 0.1) is 6.54 Å². The molecule has 0 aromatic carbocycles. The zero-order valence-corrected chi connectivity index (χ0v) is 9.34. The molecule has 0 aliphatic carbocycles. The fourth-order valence-corrected chi connectivity index (χ4v) is 1.14. The van der Waals surface area contributed by atoms with Crippen molar-refractivity contribution in [2.75, 3.05) is 6.54 Å². The Balaban J connectivity index is 2.14. The van der Waals surface area contributed by atoms with Crippen LogP contribution in [0.3, 0.4) is 0 Å². The Morgan fingerprint density at radius 2 is 2.40 bits per heavy atom. The minimum atomic E-state index is 0.0384. The molecule has 0 aliphatic heterocycles. The van der Waals surface area contributed by atoms with E-state index >= 15 is 0 Å². The second-order valence-electron chi connectivity index (χ2n) is 3.69. The number of nitrogens with one attached hydrogen (secondary N) is 3. The number of rotatable bonds is 6. The van der Waals surface area contributed by atoms with Gasteiger partial charge in [-0.05, 0) is 25.0 Å². The van der Waals surface area contributed by atoms with Crippen LogP contribution in [0.25, 0.3) is 0 Å². The van der Waals surface area contributed by atoms with E-state index < -0.39 is 0 Å². The highest BCUT2D eigenvalue weighted by Crippen LogP contribution is 1.94. The zero-order valence-electron chi connectivity index (χ0n) is 9.34. The topological polar surface area (TPSA) is 56.9 Å². The predicted octanol–water partition coefficient (Wildman–Crippen LogP) is 1.02. The van der Waals surface area contributed by atoms with Crippen molar-refractivity contribution in [2.24, 2.45) is 0 Å². The molecule has 15 heavy (non-hydrogen) atoms. The number of aromatic nitrogens is 1. The molecule has 1 aromatic rings. The summed E-state index contributed by atoms with van der Waals surface area (Å²) in [4.78, 5) is 14.3. The van der Waals surface area contributed by atoms with Crippen LogP contribution in [-0.2, 0) is 11.3 Å². The standard InChI is InChI=1S/C11H19N3O/c1-3-9(2)13-8-11(15)14-7-10-4-5-12-6-10/h4-6,9,12-13H,3,7-8H2,1-2H3,(H,14,15). The zero-order chi connectivity index (χ0) is 11.1. The number of amides is 1. The maximum absolute atomic E-state index is 11.4. The van der Waals surface area contributed by atoms with Crippen LogP contribution in [0.4, 0.5) is 0 Å². The summed E-state index contributed by atoms with van der Waals surface area (Å²) in [7, 11) is 0. The van der Waals surface area contributed by atoms with Gasteiger partial charge < -0.3 is 15.6 Å². The highest BCUT2D eigenvalue weighted by molar-refractivity contribution is 5.77. The van der Waals surface area contributed by atoms with E-state index in [4.69, 9.17) is 0 Å². The highest BCUT2D eigenvalue weighted by Gasteiger charge is 2.03. The van der Waals surface area contributed by atoms with Gasteiger partial charge in [-0.3, -0.25) is 4.79 Å². The maximum Gasteiger partial charge on any atom is 0.234 e. The molecule has 0 saturated carbocycles. The van der Waals surface area contributed by atoms with Crippen molar-refractivity contribution in [3.8, 4) is 0 Å². The summed E-state index contributed by atoms with van der Waals surface area (Å²) in [5.41, 5.74) is 1.09. The predicted molar refractivity (Wildman–Crippen MR) is 60.4 cm³/mol. The molecule has 0 aliphatic rings. The van der Waals surface area contributed by atoms with Gasteiger partial charge in [-0.15, -0.1) is 0 Å². The van der Waals surface area contributed by atoms with E-state index in [9.17, 15) is 4.79 Å². The largest absolute Gasteiger partial charge is 0.367 e. The quantitative estimate of drug-likeness (QED) is 0.655. The molecule has 1 heterocycles. The van der Waals surface area contributed by atoms with Crippen LogP contribution >= 0.6 is 0 Å². The van der Waals surface area contributed by atoms with Crippen LogP contribution < -0.4 is 10.6 Å². The minimum absolute atomic E-state index is 0.0384. The Labute approximate surface area is 90.5 Å². The third kappa shape index (κ3) is 4.65. The van der Waals surface area contributed by atoms with Crippen LogP contribution in [0, 0.1) is 0 Å². The fraction of sp³-hybridized carbons (Fsp3) is 0.545. The van der Waals surface area contributed by atoms with Gasteiger partial charge in [0.1, 0.15) is 0 Å². The first-order chi connectivity index (χ1) is 7.22. The summed E-state index contributed by atoms with van der Waals surface area (Å²) in [5, 5.41) is 5.99. The summed E-state index contributed by atoms with van der Waals surface area (Å²) in [6.45, 7) is 5.14. The number of hydrogen-bond donors (Lipinski definition) is 3. The number of H-pyrrole nitrogens is 1. The smallest absolute Gasteiger partial charge is 0.234 e. The van der Waals surface area contributed by atoms with Crippen molar-refractivity contribution in [1.82, 2.24) is 15.6 Å². The van der Waals surface area contributed by atoms with Gasteiger partial charge in [0, 0.05) is 25.0 Å². The highest BCUT2D eigenvalue weighted by atomic mass is 16.1. The average molecular weight is 209 g/mol. The summed E-state index contributed by atoms with van der Waals surface area (Å²) in [5.74, 6) is 0.0384. The van der Waals surface area contributed by atoms with Crippen molar-refractivity contribution >= 4 is 5.91 Å². The van der Waals surface area contributed by atoms with Gasteiger partial charge in [-0.25, -0.2) is 0 Å². The molecule has 0 bridgehead atoms. The molecule has 1 rings (SSSR count). The van der Waals surface area contributed by atoms with Crippen LogP contribution in [0.15, 0.2) is 18.5 Å². The molecule has 1 amide bonds. The lowest BCUT2D eigenvalue weighted by atomic mass is 10.2. The maximum atomic E-state index is 11.4. The minimum Gasteiger partial charge on any atom is -0.367 e. The molecular formula is C11H19N3O. The second-order valence-corrected chi connectivity index (χ2v) is 3.69. The molecular weight excluding hydrogens is 190 g/mol. The molecule has 4 nitrogen and oxygen atoms in total. The van der Waals surface area contributed by atoms with Gasteiger partial charge in [0.2, 0.25) is 5.91 Å². The third-order valence-electron chi connectivity index (χ3n) is 2.38. The van der Waals surface area contributed by atoms with E-state index in [1.54, 1.807) is 0 Å². The van der Waals surface area contributed by atoms with Crippen LogP contribution in [0.1, 0.15) is 25.8 Å². The summed E-state index contributed by atoms with van der Waals surface area (Å²) >= 11 is 0. The summed E-state index contributed by atoms with van der Waals surface area (Å²) < 4.78 is 0. The van der Waals surface area contributed by atoms with Crippen LogP contribution in [-0.4, -0.2) is 23.5 Å². The van der Waals surface area contributed by atoms with Crippen molar-refractivity contribution < 1.29 is 4.79 Å². The number of hydrogen-bond acceptors (Lipinski definition) is 2. The Morgan fingerprint density at radius 3 is 3.00 bits per heavy atom. The van der Waals surface area contributed by atoms with Crippen LogP contribution in [0.5, 0.6) is 0 Å². The molecule has 1 atom stereocenters. The molecule has 0 fully saturated rings. The van der Waals surface area contributed by atoms with Crippen molar-refractivity contribution in [3.05, 3.63) is 24.0 Å². The molecule has 0 radical (unpaired) electrons. The van der Waals surface area contributed by atoms with E-state index in [1.165, 1.54) is 0 Å². The first kappa shape index (κ1) is 11.8. The Bertz CT molecular complexity index is 282. The van der Waals surface area contributed by atoms with Crippen LogP contribution in [0.2, 0.25) is 0 Å². The molecule has 3 N–H and O–H groups in total. The lowest BCUT2D eigenvalue weighted by molar-refractivity contribution is -0.120. The lowest BCUT2D eigenvalue weighted by Crippen LogP contribution is -2.37. The van der Waals surface area contributed by atoms with E-state index in [-0.39, 0.29) is 5.91 Å². The molecule has 0 spiro atoms. The Morgan fingerprint density at radius 1 is 1.60 bits per heavy atom. The second kappa shape index (κ2) is 6.24. The number of aromatic amines is 1. The van der Waals surface area contributed by atoms with Crippen molar-refractivity contribution in [3.63, 3.8) is 0 Å². The summed E-state index contributed by atoms with van der Waals surface area (Å²) in [6, 6.07) is 2.34. The van der Waals surface area contributed by atoms with E-state index in [0.29, 0.717) is 19.1 Å². The van der Waals surface area contributed by atoms with Gasteiger partial charge in [-0.1, -0.05) is 6.92 Å². The first-order valence-electron chi connectivity index (χ1n) is 5.34. The molecule has 4 heteroatoms. The monoisotopic (exact) mass is 209 g/mol. The Hall–Kier alpha value is -1.29. The van der Waals surface area contributed by atoms with E-state index in [1.807, 2.05) is 18.5 Å². The first-order valence-corrected chi connectivity index (χ1v) is 5.34. The van der Waals surface area contributed by atoms with E-state index in [0.717, 1.165) is 12.0 Å². The third-order valence-corrected chi connectivity index (χ3v) is 2.38. The number of carbonyl (C=O) groups is 1. The molecule has 1 unspecified atom stereocenters. The normalized spacial score (nSPS) is 12.4. The molecule has 0 saturated heterocycles. The molecule has 1 aromatic heterocycles. The van der Waals surface area contributed by atoms with Gasteiger partial charge in [0.15, 0.2) is 0 Å². The fourth-order valence-electron chi connectivity index (χ4n) is 1.14. The average Bonchev–Trinajstić information content (AvgIpc) is 2.75. The van der Waals surface area contributed by atoms with Gasteiger partial charge in [-0.2, -0.15) is 0 Å². The van der Waals surface area contributed by atoms with Gasteiger partial charge in [0.25, 0.3) is 0 Å². The SMILES string of the molecule is CCC(C)NCC(=O)NCc1cc[nH]c1. The summed E-state index contributed by atoms with van der Waals surface area (Å²) in [6.07, 6.45) is 4.76. The van der Waals surface area contributed by atoms with E-state index in [2.05, 4.69) is 29.5 Å². The van der Waals surface area contributed by atoms with Crippen molar-refractivity contribution in [2.45, 2.75) is 32.9 Å².